The van der Waals surface area contributed by atoms with Crippen LogP contribution in [0.2, 0.25) is 0 Å². The highest BCUT2D eigenvalue weighted by Crippen LogP contribution is 2.60. The fourth-order valence-corrected chi connectivity index (χ4v) is 5.98. The van der Waals surface area contributed by atoms with Crippen molar-refractivity contribution < 1.29 is 4.79 Å². The number of hydrogen-bond donors (Lipinski definition) is 1. The molecule has 1 aliphatic carbocycles. The number of benzene rings is 1. The third-order valence-electron chi connectivity index (χ3n) is 6.86. The first-order valence-corrected chi connectivity index (χ1v) is 8.50. The number of rotatable bonds is 1. The van der Waals surface area contributed by atoms with Gasteiger partial charge in [0.2, 0.25) is 0 Å². The van der Waals surface area contributed by atoms with Gasteiger partial charge in [-0.2, -0.15) is 0 Å². The fourth-order valence-electron chi connectivity index (χ4n) is 5.98. The summed E-state index contributed by atoms with van der Waals surface area (Å²) in [5, 5.41) is 3.74. The van der Waals surface area contributed by atoms with E-state index in [0.29, 0.717) is 12.0 Å². The maximum Gasteiger partial charge on any atom is 0.125 e. The highest BCUT2D eigenvalue weighted by molar-refractivity contribution is 5.70. The lowest BCUT2D eigenvalue weighted by molar-refractivity contribution is -0.115. The lowest BCUT2D eigenvalue weighted by Crippen LogP contribution is -2.62. The molecule has 3 nitrogen and oxygen atoms in total. The molecular weight excluding hydrogens is 272 g/mol. The molecule has 114 valence electrons. The predicted molar refractivity (Wildman–Crippen MR) is 86.9 cm³/mol. The molecule has 4 aliphatic rings. The number of anilines is 1. The van der Waals surface area contributed by atoms with Gasteiger partial charge in [0.25, 0.3) is 0 Å². The Balaban J connectivity index is 1.72. The zero-order chi connectivity index (χ0) is 14.9. The molecule has 3 heterocycles. The van der Waals surface area contributed by atoms with Gasteiger partial charge < -0.3 is 10.1 Å². The molecule has 5 rings (SSSR count). The van der Waals surface area contributed by atoms with Gasteiger partial charge in [0.1, 0.15) is 6.29 Å². The van der Waals surface area contributed by atoms with Crippen molar-refractivity contribution in [2.24, 2.45) is 11.8 Å². The molecule has 2 bridgehead atoms. The Kier molecular flexibility index (Phi) is 2.48. The van der Waals surface area contributed by atoms with E-state index in [2.05, 4.69) is 47.5 Å². The van der Waals surface area contributed by atoms with Crippen molar-refractivity contribution in [3.05, 3.63) is 41.5 Å². The number of nitrogens with zero attached hydrogens (tertiary/aromatic N) is 1. The monoisotopic (exact) mass is 294 g/mol. The number of fused-ring (bicyclic) bond motifs is 2. The first-order valence-electron chi connectivity index (χ1n) is 8.50. The molecule has 0 radical (unpaired) electrons. The number of carbonyl (C=O) groups is 1. The number of hydrogen-bond acceptors (Lipinski definition) is 3. The Bertz CT molecular complexity index is 682. The van der Waals surface area contributed by atoms with E-state index < -0.39 is 0 Å². The lowest BCUT2D eigenvalue weighted by Gasteiger charge is -2.53. The van der Waals surface area contributed by atoms with Gasteiger partial charge in [-0.25, -0.2) is 0 Å². The maximum absolute atomic E-state index is 12.0. The van der Waals surface area contributed by atoms with E-state index in [1.165, 1.54) is 29.5 Å². The van der Waals surface area contributed by atoms with E-state index in [1.807, 2.05) is 0 Å². The zero-order valence-corrected chi connectivity index (χ0v) is 13.0. The van der Waals surface area contributed by atoms with Gasteiger partial charge in [0.05, 0.1) is 0 Å². The minimum atomic E-state index is 0.107. The summed E-state index contributed by atoms with van der Waals surface area (Å²) in [6.07, 6.45) is 5.82. The molecule has 2 saturated heterocycles. The van der Waals surface area contributed by atoms with Crippen molar-refractivity contribution >= 4 is 12.0 Å². The van der Waals surface area contributed by atoms with Crippen LogP contribution in [0.15, 0.2) is 35.9 Å². The third-order valence-corrected chi connectivity index (χ3v) is 6.86. The maximum atomic E-state index is 12.0. The summed E-state index contributed by atoms with van der Waals surface area (Å²) in [5.41, 5.74) is 4.34. The van der Waals surface area contributed by atoms with Crippen LogP contribution in [-0.2, 0) is 10.2 Å². The van der Waals surface area contributed by atoms with E-state index in [-0.39, 0.29) is 17.4 Å². The summed E-state index contributed by atoms with van der Waals surface area (Å²) < 4.78 is 0. The Morgan fingerprint density at radius 2 is 2.23 bits per heavy atom. The SMILES string of the molecule is CC=C1CN2CC[C@]34c5ccccc5N[C@H]3[C@H](C=O)[C@H]1C[C@H]24. The van der Waals surface area contributed by atoms with Crippen LogP contribution in [0.4, 0.5) is 5.69 Å². The normalized spacial score (nSPS) is 43.6. The van der Waals surface area contributed by atoms with Gasteiger partial charge in [0, 0.05) is 35.6 Å². The minimum Gasteiger partial charge on any atom is -0.380 e. The number of piperidine rings is 1. The summed E-state index contributed by atoms with van der Waals surface area (Å²) in [5.74, 6) is 0.539. The molecule has 0 amide bonds. The van der Waals surface area contributed by atoms with Crippen molar-refractivity contribution in [1.82, 2.24) is 4.90 Å². The van der Waals surface area contributed by atoms with Crippen LogP contribution in [0.3, 0.4) is 0 Å². The Hall–Kier alpha value is -1.61. The highest BCUT2D eigenvalue weighted by Gasteiger charge is 2.65. The zero-order valence-electron chi connectivity index (χ0n) is 13.0. The topological polar surface area (TPSA) is 32.3 Å². The standard InChI is InChI=1S/C19H22N2O/c1-2-12-10-21-8-7-19-15-5-3-4-6-16(15)20-18(19)14(11-22)13(12)9-17(19)21/h2-6,11,13-14,17-18,20H,7-10H2,1H3/t13-,14+,17-,18-,19+/m0/s1. The van der Waals surface area contributed by atoms with Crippen LogP contribution in [0, 0.1) is 11.8 Å². The van der Waals surface area contributed by atoms with Crippen molar-refractivity contribution in [3.63, 3.8) is 0 Å². The Morgan fingerprint density at radius 1 is 1.36 bits per heavy atom. The average molecular weight is 294 g/mol. The van der Waals surface area contributed by atoms with Crippen LogP contribution in [0.5, 0.6) is 0 Å². The van der Waals surface area contributed by atoms with Gasteiger partial charge in [-0.05, 0) is 43.9 Å². The van der Waals surface area contributed by atoms with Crippen LogP contribution in [0.25, 0.3) is 0 Å². The summed E-state index contributed by atoms with van der Waals surface area (Å²) in [7, 11) is 0. The minimum absolute atomic E-state index is 0.107. The summed E-state index contributed by atoms with van der Waals surface area (Å²) in [6, 6.07) is 9.60. The summed E-state index contributed by atoms with van der Waals surface area (Å²) in [6.45, 7) is 4.35. The van der Waals surface area contributed by atoms with E-state index in [1.54, 1.807) is 0 Å². The molecular formula is C19H22N2O. The van der Waals surface area contributed by atoms with Gasteiger partial charge in [0.15, 0.2) is 0 Å². The van der Waals surface area contributed by atoms with Crippen LogP contribution >= 0.6 is 0 Å². The van der Waals surface area contributed by atoms with Crippen molar-refractivity contribution in [1.29, 1.82) is 0 Å². The molecule has 1 aromatic carbocycles. The molecule has 1 spiro atoms. The van der Waals surface area contributed by atoms with E-state index in [0.717, 1.165) is 19.5 Å². The Morgan fingerprint density at radius 3 is 3.05 bits per heavy atom. The van der Waals surface area contributed by atoms with E-state index >= 15 is 0 Å². The van der Waals surface area contributed by atoms with Crippen LogP contribution < -0.4 is 5.32 Å². The molecule has 0 unspecified atom stereocenters. The largest absolute Gasteiger partial charge is 0.380 e. The second-order valence-corrected chi connectivity index (χ2v) is 7.36. The highest BCUT2D eigenvalue weighted by atomic mass is 16.1. The van der Waals surface area contributed by atoms with Gasteiger partial charge in [-0.1, -0.05) is 29.8 Å². The Labute approximate surface area is 131 Å². The lowest BCUT2D eigenvalue weighted by atomic mass is 9.56. The van der Waals surface area contributed by atoms with Crippen molar-refractivity contribution in [2.45, 2.75) is 37.3 Å². The molecule has 1 aromatic rings. The fraction of sp³-hybridized carbons (Fsp3) is 0.526. The smallest absolute Gasteiger partial charge is 0.125 e. The number of aldehydes is 1. The molecule has 3 heteroatoms. The number of carbonyl (C=O) groups excluding carboxylic acids is 1. The number of para-hydroxylation sites is 1. The van der Waals surface area contributed by atoms with Crippen molar-refractivity contribution in [3.8, 4) is 0 Å². The van der Waals surface area contributed by atoms with Crippen LogP contribution in [0.1, 0.15) is 25.3 Å². The molecule has 0 aromatic heterocycles. The predicted octanol–water partition coefficient (Wildman–Crippen LogP) is 2.59. The third kappa shape index (κ3) is 1.30. The van der Waals surface area contributed by atoms with Gasteiger partial charge >= 0.3 is 0 Å². The van der Waals surface area contributed by atoms with Crippen molar-refractivity contribution in [2.75, 3.05) is 18.4 Å². The van der Waals surface area contributed by atoms with E-state index in [4.69, 9.17) is 0 Å². The molecule has 22 heavy (non-hydrogen) atoms. The molecule has 3 fully saturated rings. The first-order chi connectivity index (χ1) is 10.8. The van der Waals surface area contributed by atoms with E-state index in [9.17, 15) is 4.79 Å². The average Bonchev–Trinajstić information content (AvgIpc) is 3.11. The molecule has 1 saturated carbocycles. The molecule has 5 atom stereocenters. The van der Waals surface area contributed by atoms with Gasteiger partial charge in [-0.15, -0.1) is 0 Å². The van der Waals surface area contributed by atoms with Crippen LogP contribution in [-0.4, -0.2) is 36.4 Å². The summed E-state index contributed by atoms with van der Waals surface area (Å²) in [4.78, 5) is 14.7. The molecule has 1 N–H and O–H groups in total. The first kappa shape index (κ1) is 12.9. The second kappa shape index (κ2) is 4.23. The quantitative estimate of drug-likeness (QED) is 0.638. The van der Waals surface area contributed by atoms with Gasteiger partial charge in [-0.3, -0.25) is 4.90 Å². The number of allylic oxidation sites excluding steroid dienone is 1. The number of nitrogens with one attached hydrogen (secondary N) is 1. The second-order valence-electron chi connectivity index (χ2n) is 7.36. The summed E-state index contributed by atoms with van der Waals surface area (Å²) >= 11 is 0. The molecule has 3 aliphatic heterocycles.